The number of guanidine groups is 1. The monoisotopic (exact) mass is 470 g/mol. The molecule has 0 spiro atoms. The Morgan fingerprint density at radius 2 is 2.04 bits per heavy atom. The Kier molecular flexibility index (Phi) is 12.2. The molecule has 0 aromatic carbocycles. The van der Waals surface area contributed by atoms with Gasteiger partial charge in [0.2, 0.25) is 0 Å². The van der Waals surface area contributed by atoms with E-state index in [4.69, 9.17) is 9.47 Å². The first-order valence-corrected chi connectivity index (χ1v) is 8.77. The van der Waals surface area contributed by atoms with Crippen LogP contribution in [-0.4, -0.2) is 69.5 Å². The fourth-order valence-electron chi connectivity index (χ4n) is 2.61. The summed E-state index contributed by atoms with van der Waals surface area (Å²) in [5.41, 5.74) is -0.448. The summed E-state index contributed by atoms with van der Waals surface area (Å²) in [5, 5.41) is 6.61. The van der Waals surface area contributed by atoms with Crippen LogP contribution < -0.4 is 10.6 Å². The Morgan fingerprint density at radius 1 is 1.32 bits per heavy atom. The number of methoxy groups -OCH3 is 1. The number of likely N-dealkylation sites (tertiary alicyclic amines) is 1. The molecule has 1 fully saturated rings. The quantitative estimate of drug-likeness (QED) is 0.270. The largest absolute Gasteiger partial charge is 0.444 e. The van der Waals surface area contributed by atoms with Gasteiger partial charge in [-0.25, -0.2) is 4.79 Å². The second-order valence-electron chi connectivity index (χ2n) is 7.16. The summed E-state index contributed by atoms with van der Waals surface area (Å²) in [6.07, 6.45) is 2.83. The molecule has 1 aliphatic rings. The summed E-state index contributed by atoms with van der Waals surface area (Å²) in [5.74, 6) is 1.20. The lowest BCUT2D eigenvalue weighted by Gasteiger charge is -2.34. The molecule has 0 aliphatic carbocycles. The summed E-state index contributed by atoms with van der Waals surface area (Å²) in [6, 6.07) is 0. The van der Waals surface area contributed by atoms with Gasteiger partial charge in [-0.3, -0.25) is 4.99 Å². The van der Waals surface area contributed by atoms with Gasteiger partial charge in [-0.05, 0) is 46.0 Å². The molecule has 0 saturated carbocycles. The van der Waals surface area contributed by atoms with Crippen molar-refractivity contribution in [1.29, 1.82) is 0 Å². The number of halogens is 1. The van der Waals surface area contributed by atoms with Gasteiger partial charge >= 0.3 is 6.09 Å². The van der Waals surface area contributed by atoms with Crippen LogP contribution in [0.2, 0.25) is 0 Å². The molecule has 1 atom stereocenters. The highest BCUT2D eigenvalue weighted by Gasteiger charge is 2.27. The Bertz CT molecular complexity index is 413. The predicted octanol–water partition coefficient (Wildman–Crippen LogP) is 2.45. The van der Waals surface area contributed by atoms with E-state index in [0.717, 1.165) is 58.0 Å². The number of hydrogen-bond acceptors (Lipinski definition) is 4. The molecule has 0 radical (unpaired) electrons. The first-order chi connectivity index (χ1) is 11.4. The zero-order chi connectivity index (χ0) is 18.0. The van der Waals surface area contributed by atoms with Crippen LogP contribution in [0.3, 0.4) is 0 Å². The lowest BCUT2D eigenvalue weighted by molar-refractivity contribution is 0.0168. The third-order valence-electron chi connectivity index (χ3n) is 3.77. The molecule has 0 bridgehead atoms. The smallest absolute Gasteiger partial charge is 0.410 e. The lowest BCUT2D eigenvalue weighted by atomic mass is 9.98. The average molecular weight is 470 g/mol. The maximum absolute atomic E-state index is 12.2. The second kappa shape index (κ2) is 12.6. The van der Waals surface area contributed by atoms with E-state index >= 15 is 0 Å². The summed E-state index contributed by atoms with van der Waals surface area (Å²) >= 11 is 0. The summed E-state index contributed by atoms with van der Waals surface area (Å²) in [6.45, 7) is 9.54. The van der Waals surface area contributed by atoms with Gasteiger partial charge in [0.1, 0.15) is 5.60 Å². The van der Waals surface area contributed by atoms with Gasteiger partial charge in [0.25, 0.3) is 0 Å². The van der Waals surface area contributed by atoms with Gasteiger partial charge < -0.3 is 25.0 Å². The molecule has 8 heteroatoms. The fourth-order valence-corrected chi connectivity index (χ4v) is 2.61. The Hall–Kier alpha value is -0.770. The van der Waals surface area contributed by atoms with E-state index in [9.17, 15) is 4.79 Å². The molecule has 25 heavy (non-hydrogen) atoms. The topological polar surface area (TPSA) is 75.2 Å². The molecule has 2 N–H and O–H groups in total. The number of aliphatic imine (C=N–C) groups is 1. The van der Waals surface area contributed by atoms with Crippen LogP contribution in [0.5, 0.6) is 0 Å². The van der Waals surface area contributed by atoms with E-state index in [1.165, 1.54) is 0 Å². The number of nitrogens with zero attached hydrogens (tertiary/aromatic N) is 2. The van der Waals surface area contributed by atoms with Crippen LogP contribution in [0.15, 0.2) is 4.99 Å². The van der Waals surface area contributed by atoms with Crippen LogP contribution in [0, 0.1) is 5.92 Å². The number of piperidine rings is 1. The van der Waals surface area contributed by atoms with Crippen LogP contribution in [0.25, 0.3) is 0 Å². The number of carbonyl (C=O) groups is 1. The fraction of sp³-hybridized carbons (Fsp3) is 0.882. The molecule has 1 saturated heterocycles. The highest BCUT2D eigenvalue weighted by Crippen LogP contribution is 2.18. The van der Waals surface area contributed by atoms with Crippen molar-refractivity contribution in [1.82, 2.24) is 15.5 Å². The third-order valence-corrected chi connectivity index (χ3v) is 3.77. The van der Waals surface area contributed by atoms with E-state index in [0.29, 0.717) is 5.92 Å². The van der Waals surface area contributed by atoms with Crippen LogP contribution in [0.1, 0.15) is 40.0 Å². The van der Waals surface area contributed by atoms with Crippen molar-refractivity contribution in [3.05, 3.63) is 0 Å². The van der Waals surface area contributed by atoms with E-state index in [1.807, 2.05) is 25.7 Å². The minimum atomic E-state index is -0.448. The third kappa shape index (κ3) is 10.7. The second-order valence-corrected chi connectivity index (χ2v) is 7.16. The van der Waals surface area contributed by atoms with Gasteiger partial charge in [0.15, 0.2) is 5.96 Å². The van der Waals surface area contributed by atoms with Crippen LogP contribution >= 0.6 is 24.0 Å². The van der Waals surface area contributed by atoms with E-state index < -0.39 is 5.60 Å². The maximum Gasteiger partial charge on any atom is 0.410 e. The Balaban J connectivity index is 0.00000576. The van der Waals surface area contributed by atoms with Crippen molar-refractivity contribution in [3.8, 4) is 0 Å². The van der Waals surface area contributed by atoms with Gasteiger partial charge in [-0.2, -0.15) is 0 Å². The molecule has 1 heterocycles. The summed E-state index contributed by atoms with van der Waals surface area (Å²) < 4.78 is 10.5. The number of nitrogens with one attached hydrogen (secondary N) is 2. The Morgan fingerprint density at radius 3 is 2.64 bits per heavy atom. The van der Waals surface area contributed by atoms with Crippen molar-refractivity contribution < 1.29 is 14.3 Å². The zero-order valence-electron chi connectivity index (χ0n) is 16.3. The van der Waals surface area contributed by atoms with E-state index in [2.05, 4.69) is 15.6 Å². The maximum atomic E-state index is 12.2. The minimum Gasteiger partial charge on any atom is -0.444 e. The van der Waals surface area contributed by atoms with Gasteiger partial charge in [-0.15, -0.1) is 24.0 Å². The molecule has 1 unspecified atom stereocenters. The number of hydrogen-bond donors (Lipinski definition) is 2. The molecule has 1 amide bonds. The minimum absolute atomic E-state index is 0. The molecule has 7 nitrogen and oxygen atoms in total. The van der Waals surface area contributed by atoms with Crippen molar-refractivity contribution in [2.45, 2.75) is 45.6 Å². The zero-order valence-corrected chi connectivity index (χ0v) is 18.6. The van der Waals surface area contributed by atoms with Crippen molar-refractivity contribution in [2.24, 2.45) is 10.9 Å². The molecule has 1 rings (SSSR count). The van der Waals surface area contributed by atoms with Crippen LogP contribution in [-0.2, 0) is 9.47 Å². The number of rotatable bonds is 6. The van der Waals surface area contributed by atoms with Crippen molar-refractivity contribution >= 4 is 36.0 Å². The number of ether oxygens (including phenoxy) is 2. The molecular weight excluding hydrogens is 435 g/mol. The molecular formula is C17H35IN4O3. The molecule has 0 aromatic rings. The normalized spacial score (nSPS) is 18.4. The Labute approximate surface area is 169 Å². The van der Waals surface area contributed by atoms with E-state index in [-0.39, 0.29) is 30.1 Å². The molecule has 1 aliphatic heterocycles. The van der Waals surface area contributed by atoms with Gasteiger partial charge in [0.05, 0.1) is 0 Å². The lowest BCUT2D eigenvalue weighted by Crippen LogP contribution is -2.47. The van der Waals surface area contributed by atoms with E-state index in [1.54, 1.807) is 14.2 Å². The predicted molar refractivity (Wildman–Crippen MR) is 112 cm³/mol. The highest BCUT2D eigenvalue weighted by molar-refractivity contribution is 14.0. The first kappa shape index (κ1) is 24.2. The average Bonchev–Trinajstić information content (AvgIpc) is 2.53. The summed E-state index contributed by atoms with van der Waals surface area (Å²) in [7, 11) is 3.46. The van der Waals surface area contributed by atoms with Crippen molar-refractivity contribution in [3.63, 3.8) is 0 Å². The van der Waals surface area contributed by atoms with Gasteiger partial charge in [-0.1, -0.05) is 0 Å². The van der Waals surface area contributed by atoms with Crippen molar-refractivity contribution in [2.75, 3.05) is 46.9 Å². The first-order valence-electron chi connectivity index (χ1n) is 8.77. The summed E-state index contributed by atoms with van der Waals surface area (Å²) in [4.78, 5) is 18.2. The van der Waals surface area contributed by atoms with Crippen LogP contribution in [0.4, 0.5) is 4.79 Å². The number of carbonyl (C=O) groups excluding carboxylic acids is 1. The highest BCUT2D eigenvalue weighted by atomic mass is 127. The number of amides is 1. The standard InChI is InChI=1S/C17H34N4O3.HI/c1-17(2,3)24-16(22)21-10-6-8-14(13-21)12-20-15(18-4)19-9-7-11-23-5;/h14H,6-13H2,1-5H3,(H2,18,19,20);1H. The molecule has 148 valence electrons. The van der Waals surface area contributed by atoms with Gasteiger partial charge in [0, 0.05) is 46.9 Å². The molecule has 0 aromatic heterocycles. The SMILES string of the molecule is CN=C(NCCCOC)NCC1CCCN(C(=O)OC(C)(C)C)C1.I.